The lowest BCUT2D eigenvalue weighted by Gasteiger charge is -2.12. The fourth-order valence-electron chi connectivity index (χ4n) is 2.31. The third kappa shape index (κ3) is 7.15. The maximum Gasteiger partial charge on any atom is 0.315 e. The molecule has 0 fully saturated rings. The lowest BCUT2D eigenvalue weighted by molar-refractivity contribution is -0.140. The van der Waals surface area contributed by atoms with Crippen molar-refractivity contribution in [3.05, 3.63) is 58.6 Å². The van der Waals surface area contributed by atoms with E-state index in [-0.39, 0.29) is 23.4 Å². The standard InChI is InChI=1S/C20H22ClNO4S/c1-14-10-17(18(25-2)11-16(14)21)22-19(23)12-27-13-20(24)26-9-8-15-6-4-3-5-7-15/h3-7,10-11H,8-9,12-13H2,1-2H3,(H,22,23). The van der Waals surface area contributed by atoms with Crippen LogP contribution in [0.3, 0.4) is 0 Å². The number of hydrogen-bond acceptors (Lipinski definition) is 5. The van der Waals surface area contributed by atoms with Gasteiger partial charge in [0, 0.05) is 17.5 Å². The normalized spacial score (nSPS) is 10.3. The van der Waals surface area contributed by atoms with Crippen LogP contribution in [0.1, 0.15) is 11.1 Å². The summed E-state index contributed by atoms with van der Waals surface area (Å²) in [5.74, 6) is 0.197. The lowest BCUT2D eigenvalue weighted by atomic mass is 10.2. The number of anilines is 1. The van der Waals surface area contributed by atoms with Crippen molar-refractivity contribution >= 4 is 40.9 Å². The van der Waals surface area contributed by atoms with Crippen LogP contribution < -0.4 is 10.1 Å². The Morgan fingerprint density at radius 1 is 1.15 bits per heavy atom. The summed E-state index contributed by atoms with van der Waals surface area (Å²) in [6.07, 6.45) is 0.674. The molecule has 0 aliphatic rings. The fourth-order valence-corrected chi connectivity index (χ4v) is 3.08. The zero-order valence-corrected chi connectivity index (χ0v) is 16.9. The fraction of sp³-hybridized carbons (Fsp3) is 0.300. The molecule has 0 aliphatic carbocycles. The molecule has 2 rings (SSSR count). The van der Waals surface area contributed by atoms with Gasteiger partial charge in [-0.15, -0.1) is 11.8 Å². The van der Waals surface area contributed by atoms with E-state index in [1.54, 1.807) is 12.1 Å². The number of nitrogens with one attached hydrogen (secondary N) is 1. The second-order valence-corrected chi connectivity index (χ2v) is 7.19. The molecule has 1 N–H and O–H groups in total. The number of hydrogen-bond donors (Lipinski definition) is 1. The van der Waals surface area contributed by atoms with E-state index in [1.165, 1.54) is 18.9 Å². The number of carbonyl (C=O) groups is 2. The van der Waals surface area contributed by atoms with Gasteiger partial charge in [-0.25, -0.2) is 0 Å². The van der Waals surface area contributed by atoms with Gasteiger partial charge < -0.3 is 14.8 Å². The highest BCUT2D eigenvalue weighted by atomic mass is 35.5. The molecule has 0 unspecified atom stereocenters. The van der Waals surface area contributed by atoms with E-state index in [1.807, 2.05) is 37.3 Å². The number of halogens is 1. The van der Waals surface area contributed by atoms with Gasteiger partial charge in [-0.3, -0.25) is 9.59 Å². The molecule has 0 heterocycles. The molecular formula is C20H22ClNO4S. The summed E-state index contributed by atoms with van der Waals surface area (Å²) in [7, 11) is 1.51. The van der Waals surface area contributed by atoms with Gasteiger partial charge >= 0.3 is 5.97 Å². The summed E-state index contributed by atoms with van der Waals surface area (Å²) in [4.78, 5) is 23.8. The molecule has 2 aromatic rings. The SMILES string of the molecule is COc1cc(Cl)c(C)cc1NC(=O)CSCC(=O)OCCc1ccccc1. The molecule has 0 spiro atoms. The first-order chi connectivity index (χ1) is 13.0. The Bertz CT molecular complexity index is 783. The first kappa shape index (κ1) is 21.1. The van der Waals surface area contributed by atoms with Crippen molar-refractivity contribution in [1.82, 2.24) is 0 Å². The highest BCUT2D eigenvalue weighted by molar-refractivity contribution is 8.00. The number of carbonyl (C=O) groups excluding carboxylic acids is 2. The minimum Gasteiger partial charge on any atom is -0.495 e. The molecule has 0 bridgehead atoms. The predicted octanol–water partition coefficient (Wildman–Crippen LogP) is 4.11. The number of thioether (sulfide) groups is 1. The van der Waals surface area contributed by atoms with Crippen molar-refractivity contribution < 1.29 is 19.1 Å². The zero-order valence-electron chi connectivity index (χ0n) is 15.3. The zero-order chi connectivity index (χ0) is 19.6. The van der Waals surface area contributed by atoms with E-state index in [9.17, 15) is 9.59 Å². The molecule has 0 saturated heterocycles. The third-order valence-electron chi connectivity index (χ3n) is 3.70. The van der Waals surface area contributed by atoms with Crippen LogP contribution >= 0.6 is 23.4 Å². The highest BCUT2D eigenvalue weighted by Gasteiger charge is 2.11. The summed E-state index contributed by atoms with van der Waals surface area (Å²) in [6, 6.07) is 13.2. The number of ether oxygens (including phenoxy) is 2. The first-order valence-electron chi connectivity index (χ1n) is 8.41. The quantitative estimate of drug-likeness (QED) is 0.633. The van der Waals surface area contributed by atoms with Crippen molar-refractivity contribution in [3.8, 4) is 5.75 Å². The minimum absolute atomic E-state index is 0.124. The lowest BCUT2D eigenvalue weighted by Crippen LogP contribution is -2.17. The maximum absolute atomic E-state index is 12.1. The first-order valence-corrected chi connectivity index (χ1v) is 9.94. The van der Waals surface area contributed by atoms with Crippen LogP contribution in [-0.2, 0) is 20.7 Å². The molecule has 5 nitrogen and oxygen atoms in total. The molecule has 0 aromatic heterocycles. The van der Waals surface area contributed by atoms with Crippen LogP contribution in [0.25, 0.3) is 0 Å². The number of aryl methyl sites for hydroxylation is 1. The number of amides is 1. The summed E-state index contributed by atoms with van der Waals surface area (Å²) >= 11 is 7.25. The van der Waals surface area contributed by atoms with E-state index in [4.69, 9.17) is 21.1 Å². The molecule has 0 aliphatic heterocycles. The molecule has 27 heavy (non-hydrogen) atoms. The van der Waals surface area contributed by atoms with E-state index in [0.717, 1.165) is 11.1 Å². The van der Waals surface area contributed by atoms with Crippen molar-refractivity contribution in [2.24, 2.45) is 0 Å². The van der Waals surface area contributed by atoms with Gasteiger partial charge in [0.2, 0.25) is 5.91 Å². The second kappa shape index (κ2) is 10.8. The molecule has 7 heteroatoms. The second-order valence-electron chi connectivity index (χ2n) is 5.80. The average Bonchev–Trinajstić information content (AvgIpc) is 2.65. The van der Waals surface area contributed by atoms with Crippen LogP contribution in [-0.4, -0.2) is 37.1 Å². The molecular weight excluding hydrogens is 386 g/mol. The van der Waals surface area contributed by atoms with Gasteiger partial charge in [-0.2, -0.15) is 0 Å². The van der Waals surface area contributed by atoms with Crippen molar-refractivity contribution in [3.63, 3.8) is 0 Å². The van der Waals surface area contributed by atoms with E-state index < -0.39 is 0 Å². The summed E-state index contributed by atoms with van der Waals surface area (Å²) in [5, 5.41) is 3.34. The van der Waals surface area contributed by atoms with Gasteiger partial charge in [0.15, 0.2) is 0 Å². The Balaban J connectivity index is 1.70. The number of methoxy groups -OCH3 is 1. The van der Waals surface area contributed by atoms with Crippen LogP contribution in [0, 0.1) is 6.92 Å². The Hall–Kier alpha value is -2.18. The largest absolute Gasteiger partial charge is 0.495 e. The van der Waals surface area contributed by atoms with Crippen LogP contribution in [0.4, 0.5) is 5.69 Å². The summed E-state index contributed by atoms with van der Waals surface area (Å²) in [5.41, 5.74) is 2.50. The topological polar surface area (TPSA) is 64.6 Å². The Kier molecular flexibility index (Phi) is 8.48. The van der Waals surface area contributed by atoms with Gasteiger partial charge in [0.25, 0.3) is 0 Å². The number of rotatable bonds is 9. The summed E-state index contributed by atoms with van der Waals surface area (Å²) < 4.78 is 10.4. The number of esters is 1. The predicted molar refractivity (Wildman–Crippen MR) is 110 cm³/mol. The van der Waals surface area contributed by atoms with Gasteiger partial charge in [0.1, 0.15) is 5.75 Å². The Morgan fingerprint density at radius 3 is 2.59 bits per heavy atom. The molecule has 144 valence electrons. The van der Waals surface area contributed by atoms with Gasteiger partial charge in [-0.1, -0.05) is 41.9 Å². The summed E-state index contributed by atoms with van der Waals surface area (Å²) in [6.45, 7) is 2.18. The Labute approximate surface area is 168 Å². The molecule has 2 aromatic carbocycles. The molecule has 0 radical (unpaired) electrons. The molecule has 0 atom stereocenters. The average molecular weight is 408 g/mol. The highest BCUT2D eigenvalue weighted by Crippen LogP contribution is 2.31. The monoisotopic (exact) mass is 407 g/mol. The van der Waals surface area contributed by atoms with Crippen molar-refractivity contribution in [2.75, 3.05) is 30.5 Å². The van der Waals surface area contributed by atoms with E-state index in [0.29, 0.717) is 29.5 Å². The van der Waals surface area contributed by atoms with Crippen LogP contribution in [0.15, 0.2) is 42.5 Å². The Morgan fingerprint density at radius 2 is 1.89 bits per heavy atom. The smallest absolute Gasteiger partial charge is 0.315 e. The van der Waals surface area contributed by atoms with Crippen LogP contribution in [0.5, 0.6) is 5.75 Å². The van der Waals surface area contributed by atoms with Gasteiger partial charge in [-0.05, 0) is 24.1 Å². The van der Waals surface area contributed by atoms with Crippen LogP contribution in [0.2, 0.25) is 5.02 Å². The third-order valence-corrected chi connectivity index (χ3v) is 5.02. The molecule has 0 saturated carbocycles. The van der Waals surface area contributed by atoms with E-state index in [2.05, 4.69) is 5.32 Å². The van der Waals surface area contributed by atoms with Crippen molar-refractivity contribution in [1.29, 1.82) is 0 Å². The maximum atomic E-state index is 12.1. The minimum atomic E-state index is -0.330. The van der Waals surface area contributed by atoms with E-state index >= 15 is 0 Å². The van der Waals surface area contributed by atoms with Gasteiger partial charge in [0.05, 0.1) is 30.9 Å². The van der Waals surface area contributed by atoms with Crippen molar-refractivity contribution in [2.45, 2.75) is 13.3 Å². The molecule has 1 amide bonds. The number of benzene rings is 2.